The Morgan fingerprint density at radius 3 is 2.79 bits per heavy atom. The molecule has 1 aliphatic rings. The van der Waals surface area contributed by atoms with Crippen LogP contribution in [0.25, 0.3) is 0 Å². The number of fused-ring (bicyclic) bond motifs is 1. The Balaban J connectivity index is 1.71. The Hall–Kier alpha value is -2.03. The average molecular weight is 254 g/mol. The molecule has 0 fully saturated rings. The zero-order valence-corrected chi connectivity index (χ0v) is 10.9. The Morgan fingerprint density at radius 2 is 2.00 bits per heavy atom. The highest BCUT2D eigenvalue weighted by atomic mass is 16.1. The lowest BCUT2D eigenvalue weighted by Crippen LogP contribution is -2.36. The van der Waals surface area contributed by atoms with Crippen LogP contribution in [0, 0.1) is 0 Å². The molecule has 1 aromatic heterocycles. The van der Waals surface area contributed by atoms with Gasteiger partial charge in [0.15, 0.2) is 0 Å². The first-order chi connectivity index (χ1) is 9.33. The molecule has 0 aliphatic heterocycles. The summed E-state index contributed by atoms with van der Waals surface area (Å²) < 4.78 is 0. The van der Waals surface area contributed by atoms with Crippen molar-refractivity contribution in [3.63, 3.8) is 0 Å². The Bertz CT molecular complexity index is 560. The molecule has 98 valence electrons. The standard InChI is InChI=1S/C16H18N2O/c19-16(15-9-4-10-17-15)18-14-8-3-7-12-5-1-2-6-13(12)11-14/h1-2,4-6,9-10,14,17H,3,7-8,11H2,(H,18,19). The maximum Gasteiger partial charge on any atom is 0.267 e. The first kappa shape index (κ1) is 12.0. The van der Waals surface area contributed by atoms with E-state index in [0.717, 1.165) is 25.7 Å². The normalized spacial score (nSPS) is 18.4. The number of aromatic nitrogens is 1. The number of benzene rings is 1. The lowest BCUT2D eigenvalue weighted by Gasteiger charge is -2.16. The van der Waals surface area contributed by atoms with Gasteiger partial charge >= 0.3 is 0 Å². The molecule has 3 heteroatoms. The van der Waals surface area contributed by atoms with E-state index < -0.39 is 0 Å². The molecular weight excluding hydrogens is 236 g/mol. The molecule has 3 rings (SSSR count). The minimum absolute atomic E-state index is 0.00520. The molecule has 1 aliphatic carbocycles. The summed E-state index contributed by atoms with van der Waals surface area (Å²) in [6.07, 6.45) is 6.00. The maximum atomic E-state index is 12.1. The van der Waals surface area contributed by atoms with Gasteiger partial charge in [0.25, 0.3) is 5.91 Å². The van der Waals surface area contributed by atoms with Gasteiger partial charge in [0.2, 0.25) is 0 Å². The summed E-state index contributed by atoms with van der Waals surface area (Å²) in [6, 6.07) is 12.4. The van der Waals surface area contributed by atoms with Gasteiger partial charge in [-0.2, -0.15) is 0 Å². The number of carbonyl (C=O) groups is 1. The number of aromatic amines is 1. The van der Waals surface area contributed by atoms with Crippen LogP contribution in [0.2, 0.25) is 0 Å². The summed E-state index contributed by atoms with van der Waals surface area (Å²) in [7, 11) is 0. The summed E-state index contributed by atoms with van der Waals surface area (Å²) in [5.74, 6) is -0.00520. The van der Waals surface area contributed by atoms with Crippen molar-refractivity contribution in [3.05, 3.63) is 59.4 Å². The summed E-state index contributed by atoms with van der Waals surface area (Å²) in [5, 5.41) is 3.13. The SMILES string of the molecule is O=C(NC1CCCc2ccccc2C1)c1ccc[nH]1. The fourth-order valence-corrected chi connectivity index (χ4v) is 2.76. The van der Waals surface area contributed by atoms with E-state index in [-0.39, 0.29) is 11.9 Å². The van der Waals surface area contributed by atoms with Crippen molar-refractivity contribution < 1.29 is 4.79 Å². The molecule has 1 unspecified atom stereocenters. The molecule has 3 nitrogen and oxygen atoms in total. The van der Waals surface area contributed by atoms with E-state index in [0.29, 0.717) is 5.69 Å². The molecular formula is C16H18N2O. The first-order valence-corrected chi connectivity index (χ1v) is 6.84. The van der Waals surface area contributed by atoms with Gasteiger partial charge < -0.3 is 10.3 Å². The Morgan fingerprint density at radius 1 is 1.16 bits per heavy atom. The number of rotatable bonds is 2. The predicted molar refractivity (Wildman–Crippen MR) is 75.1 cm³/mol. The number of amides is 1. The van der Waals surface area contributed by atoms with Gasteiger partial charge in [-0.05, 0) is 48.9 Å². The number of hydrogen-bond donors (Lipinski definition) is 2. The smallest absolute Gasteiger partial charge is 0.267 e. The van der Waals surface area contributed by atoms with Crippen molar-refractivity contribution in [3.8, 4) is 0 Å². The van der Waals surface area contributed by atoms with Crippen LogP contribution in [-0.4, -0.2) is 16.9 Å². The van der Waals surface area contributed by atoms with Crippen LogP contribution in [0.15, 0.2) is 42.6 Å². The average Bonchev–Trinajstić information content (AvgIpc) is 2.87. The van der Waals surface area contributed by atoms with Crippen molar-refractivity contribution in [2.24, 2.45) is 0 Å². The fourth-order valence-electron chi connectivity index (χ4n) is 2.76. The molecule has 1 amide bonds. The molecule has 2 aromatic rings. The lowest BCUT2D eigenvalue weighted by atomic mass is 10.0. The molecule has 0 saturated carbocycles. The summed E-state index contributed by atoms with van der Waals surface area (Å²) in [5.41, 5.74) is 3.44. The van der Waals surface area contributed by atoms with Crippen molar-refractivity contribution in [1.29, 1.82) is 0 Å². The van der Waals surface area contributed by atoms with Gasteiger partial charge in [0.1, 0.15) is 5.69 Å². The molecule has 0 radical (unpaired) electrons. The van der Waals surface area contributed by atoms with Gasteiger partial charge in [-0.15, -0.1) is 0 Å². The predicted octanol–water partition coefficient (Wildman–Crippen LogP) is 2.69. The van der Waals surface area contributed by atoms with Crippen LogP contribution < -0.4 is 5.32 Å². The van der Waals surface area contributed by atoms with Crippen molar-refractivity contribution in [2.75, 3.05) is 0 Å². The molecule has 1 aromatic carbocycles. The van der Waals surface area contributed by atoms with Crippen molar-refractivity contribution in [2.45, 2.75) is 31.7 Å². The lowest BCUT2D eigenvalue weighted by molar-refractivity contribution is 0.0930. The molecule has 0 saturated heterocycles. The van der Waals surface area contributed by atoms with Crippen LogP contribution in [0.3, 0.4) is 0 Å². The van der Waals surface area contributed by atoms with Gasteiger partial charge in [0, 0.05) is 12.2 Å². The third-order valence-electron chi connectivity index (χ3n) is 3.76. The quantitative estimate of drug-likeness (QED) is 0.795. The van der Waals surface area contributed by atoms with Gasteiger partial charge in [-0.1, -0.05) is 24.3 Å². The molecule has 19 heavy (non-hydrogen) atoms. The zero-order chi connectivity index (χ0) is 13.1. The zero-order valence-electron chi connectivity index (χ0n) is 10.9. The van der Waals surface area contributed by atoms with Crippen molar-refractivity contribution in [1.82, 2.24) is 10.3 Å². The second-order valence-corrected chi connectivity index (χ2v) is 5.12. The number of nitrogens with one attached hydrogen (secondary N) is 2. The van der Waals surface area contributed by atoms with Gasteiger partial charge in [0.05, 0.1) is 0 Å². The van der Waals surface area contributed by atoms with E-state index in [1.807, 2.05) is 6.07 Å². The second kappa shape index (κ2) is 5.31. The highest BCUT2D eigenvalue weighted by Crippen LogP contribution is 2.20. The minimum Gasteiger partial charge on any atom is -0.357 e. The Labute approximate surface area is 113 Å². The van der Waals surface area contributed by atoms with Gasteiger partial charge in [-0.25, -0.2) is 0 Å². The Kier molecular flexibility index (Phi) is 3.36. The van der Waals surface area contributed by atoms with Crippen LogP contribution in [0.1, 0.15) is 34.5 Å². The van der Waals surface area contributed by atoms with E-state index >= 15 is 0 Å². The topological polar surface area (TPSA) is 44.9 Å². The van der Waals surface area contributed by atoms with E-state index in [9.17, 15) is 4.79 Å². The van der Waals surface area contributed by atoms with Crippen molar-refractivity contribution >= 4 is 5.91 Å². The van der Waals surface area contributed by atoms with E-state index in [1.165, 1.54) is 11.1 Å². The minimum atomic E-state index is -0.00520. The number of H-pyrrole nitrogens is 1. The summed E-state index contributed by atoms with van der Waals surface area (Å²) in [6.45, 7) is 0. The van der Waals surface area contributed by atoms with E-state index in [1.54, 1.807) is 12.3 Å². The number of hydrogen-bond acceptors (Lipinski definition) is 1. The van der Waals surface area contributed by atoms with E-state index in [2.05, 4.69) is 34.6 Å². The number of aryl methyl sites for hydroxylation is 1. The van der Waals surface area contributed by atoms with Crippen LogP contribution in [-0.2, 0) is 12.8 Å². The number of carbonyl (C=O) groups excluding carboxylic acids is 1. The molecule has 2 N–H and O–H groups in total. The molecule has 1 atom stereocenters. The second-order valence-electron chi connectivity index (χ2n) is 5.12. The highest BCUT2D eigenvalue weighted by molar-refractivity contribution is 5.92. The molecule has 0 bridgehead atoms. The largest absolute Gasteiger partial charge is 0.357 e. The summed E-state index contributed by atoms with van der Waals surface area (Å²) >= 11 is 0. The third-order valence-corrected chi connectivity index (χ3v) is 3.76. The van der Waals surface area contributed by atoms with Gasteiger partial charge in [-0.3, -0.25) is 4.79 Å². The van der Waals surface area contributed by atoms with Crippen LogP contribution >= 0.6 is 0 Å². The highest BCUT2D eigenvalue weighted by Gasteiger charge is 2.18. The third kappa shape index (κ3) is 2.70. The van der Waals surface area contributed by atoms with Crippen LogP contribution in [0.5, 0.6) is 0 Å². The fraction of sp³-hybridized carbons (Fsp3) is 0.312. The summed E-state index contributed by atoms with van der Waals surface area (Å²) in [4.78, 5) is 15.0. The monoisotopic (exact) mass is 254 g/mol. The first-order valence-electron chi connectivity index (χ1n) is 6.84. The van der Waals surface area contributed by atoms with Crippen LogP contribution in [0.4, 0.5) is 0 Å². The molecule has 1 heterocycles. The molecule has 0 spiro atoms. The maximum absolute atomic E-state index is 12.1. The van der Waals surface area contributed by atoms with E-state index in [4.69, 9.17) is 0 Å².